The molecule has 0 aliphatic carbocycles. The first-order chi connectivity index (χ1) is 13.4. The van der Waals surface area contributed by atoms with E-state index in [2.05, 4.69) is 5.10 Å². The fourth-order valence-corrected chi connectivity index (χ4v) is 3.75. The average molecular weight is 400 g/mol. The number of carbonyl (C=O) groups is 1. The lowest BCUT2D eigenvalue weighted by Crippen LogP contribution is -2.48. The van der Waals surface area contributed by atoms with Gasteiger partial charge in [0.1, 0.15) is 17.1 Å². The van der Waals surface area contributed by atoms with Crippen molar-refractivity contribution in [3.05, 3.63) is 58.9 Å². The number of halogens is 1. The summed E-state index contributed by atoms with van der Waals surface area (Å²) in [6.07, 6.45) is -0.0341. The standard InChI is InChI=1S/C21H22ClN3O3/c1-13-8-9-20(28-13)17-10-19(21(26)24-11-14(2)27-15(3)12-24)25(23-17)18-7-5-4-6-16(18)22/h4-10,14-15H,11-12H2,1-3H3/t14-,15-/m0/s1. The number of carbonyl (C=O) groups excluding carboxylic acids is 1. The predicted molar refractivity (Wildman–Crippen MR) is 107 cm³/mol. The fraction of sp³-hybridized carbons (Fsp3) is 0.333. The molecule has 2 atom stereocenters. The van der Waals surface area contributed by atoms with Crippen molar-refractivity contribution in [2.75, 3.05) is 13.1 Å². The normalized spacial score (nSPS) is 19.8. The molecular formula is C21H22ClN3O3. The topological polar surface area (TPSA) is 60.5 Å². The Hall–Kier alpha value is -2.57. The van der Waals surface area contributed by atoms with Crippen molar-refractivity contribution in [1.82, 2.24) is 14.7 Å². The quantitative estimate of drug-likeness (QED) is 0.657. The zero-order valence-corrected chi connectivity index (χ0v) is 16.8. The number of aryl methyl sites for hydroxylation is 1. The van der Waals surface area contributed by atoms with Crippen LogP contribution in [0.1, 0.15) is 30.1 Å². The molecule has 7 heteroatoms. The first-order valence-corrected chi connectivity index (χ1v) is 9.66. The number of hydrogen-bond acceptors (Lipinski definition) is 4. The molecule has 1 aromatic carbocycles. The lowest BCUT2D eigenvalue weighted by Gasteiger charge is -2.35. The van der Waals surface area contributed by atoms with Gasteiger partial charge in [0.05, 0.1) is 22.9 Å². The Morgan fingerprint density at radius 3 is 2.50 bits per heavy atom. The summed E-state index contributed by atoms with van der Waals surface area (Å²) < 4.78 is 13.1. The highest BCUT2D eigenvalue weighted by Crippen LogP contribution is 2.28. The molecule has 1 amide bonds. The second kappa shape index (κ2) is 7.45. The molecule has 1 aliphatic heterocycles. The summed E-state index contributed by atoms with van der Waals surface area (Å²) in [7, 11) is 0. The number of amides is 1. The van der Waals surface area contributed by atoms with Crippen LogP contribution in [0.3, 0.4) is 0 Å². The predicted octanol–water partition coefficient (Wildman–Crippen LogP) is 4.34. The number of morpholine rings is 1. The molecule has 1 saturated heterocycles. The minimum Gasteiger partial charge on any atom is -0.460 e. The first-order valence-electron chi connectivity index (χ1n) is 9.29. The van der Waals surface area contributed by atoms with Crippen LogP contribution >= 0.6 is 11.6 Å². The molecule has 3 heterocycles. The minimum absolute atomic E-state index is 0.0171. The van der Waals surface area contributed by atoms with Gasteiger partial charge in [-0.15, -0.1) is 0 Å². The lowest BCUT2D eigenvalue weighted by molar-refractivity contribution is -0.0588. The van der Waals surface area contributed by atoms with Crippen molar-refractivity contribution in [1.29, 1.82) is 0 Å². The molecule has 6 nitrogen and oxygen atoms in total. The third-order valence-electron chi connectivity index (χ3n) is 4.71. The van der Waals surface area contributed by atoms with Crippen LogP contribution < -0.4 is 0 Å². The molecule has 1 fully saturated rings. The molecule has 4 rings (SSSR count). The summed E-state index contributed by atoms with van der Waals surface area (Å²) in [5, 5.41) is 5.16. The molecule has 146 valence electrons. The third kappa shape index (κ3) is 3.57. The van der Waals surface area contributed by atoms with E-state index in [0.29, 0.717) is 40.9 Å². The highest BCUT2D eigenvalue weighted by Gasteiger charge is 2.30. The lowest BCUT2D eigenvalue weighted by atomic mass is 10.2. The summed E-state index contributed by atoms with van der Waals surface area (Å²) >= 11 is 6.40. The zero-order chi connectivity index (χ0) is 19.8. The van der Waals surface area contributed by atoms with E-state index in [4.69, 9.17) is 20.8 Å². The van der Waals surface area contributed by atoms with Crippen molar-refractivity contribution >= 4 is 17.5 Å². The van der Waals surface area contributed by atoms with Gasteiger partial charge in [-0.05, 0) is 45.0 Å². The van der Waals surface area contributed by atoms with Crippen LogP contribution in [0, 0.1) is 6.92 Å². The molecule has 2 aromatic heterocycles. The van der Waals surface area contributed by atoms with Gasteiger partial charge in [0.25, 0.3) is 5.91 Å². The van der Waals surface area contributed by atoms with E-state index in [1.54, 1.807) is 21.7 Å². The van der Waals surface area contributed by atoms with Gasteiger partial charge in [0.2, 0.25) is 0 Å². The summed E-state index contributed by atoms with van der Waals surface area (Å²) in [5.41, 5.74) is 1.68. The van der Waals surface area contributed by atoms with Gasteiger partial charge in [0.15, 0.2) is 5.76 Å². The molecule has 0 bridgehead atoms. The zero-order valence-electron chi connectivity index (χ0n) is 16.1. The summed E-state index contributed by atoms with van der Waals surface area (Å²) in [4.78, 5) is 15.2. The number of rotatable bonds is 3. The Kier molecular flexibility index (Phi) is 5.00. The van der Waals surface area contributed by atoms with Crippen LogP contribution in [0.4, 0.5) is 0 Å². The van der Waals surface area contributed by atoms with Crippen molar-refractivity contribution in [3.63, 3.8) is 0 Å². The van der Waals surface area contributed by atoms with E-state index >= 15 is 0 Å². The number of aromatic nitrogens is 2. The smallest absolute Gasteiger partial charge is 0.272 e. The van der Waals surface area contributed by atoms with Crippen LogP contribution in [0.2, 0.25) is 5.02 Å². The number of benzene rings is 1. The number of ether oxygens (including phenoxy) is 1. The van der Waals surface area contributed by atoms with E-state index < -0.39 is 0 Å². The van der Waals surface area contributed by atoms with Gasteiger partial charge in [-0.25, -0.2) is 4.68 Å². The third-order valence-corrected chi connectivity index (χ3v) is 5.03. The van der Waals surface area contributed by atoms with Gasteiger partial charge in [-0.2, -0.15) is 5.10 Å². The minimum atomic E-state index is -0.107. The van der Waals surface area contributed by atoms with E-state index in [1.807, 2.05) is 51.1 Å². The van der Waals surface area contributed by atoms with Crippen molar-refractivity contribution in [3.8, 4) is 17.1 Å². The molecular weight excluding hydrogens is 378 g/mol. The van der Waals surface area contributed by atoms with Gasteiger partial charge < -0.3 is 14.1 Å². The molecule has 0 saturated carbocycles. The van der Waals surface area contributed by atoms with Gasteiger partial charge in [-0.1, -0.05) is 23.7 Å². The maximum Gasteiger partial charge on any atom is 0.272 e. The molecule has 0 N–H and O–H groups in total. The van der Waals surface area contributed by atoms with Crippen molar-refractivity contribution in [2.24, 2.45) is 0 Å². The Balaban J connectivity index is 1.79. The Morgan fingerprint density at radius 2 is 1.86 bits per heavy atom. The maximum absolute atomic E-state index is 13.4. The van der Waals surface area contributed by atoms with Gasteiger partial charge in [0, 0.05) is 19.2 Å². The first kappa shape index (κ1) is 18.8. The van der Waals surface area contributed by atoms with Crippen LogP contribution in [-0.4, -0.2) is 45.9 Å². The SMILES string of the molecule is Cc1ccc(-c2cc(C(=O)N3C[C@H](C)O[C@@H](C)C3)n(-c3ccccc3Cl)n2)o1. The molecule has 1 aliphatic rings. The van der Waals surface area contributed by atoms with Crippen LogP contribution in [0.5, 0.6) is 0 Å². The van der Waals surface area contributed by atoms with Crippen LogP contribution in [0.25, 0.3) is 17.1 Å². The van der Waals surface area contributed by atoms with Gasteiger partial charge >= 0.3 is 0 Å². The highest BCUT2D eigenvalue weighted by molar-refractivity contribution is 6.32. The monoisotopic (exact) mass is 399 g/mol. The number of para-hydroxylation sites is 1. The molecule has 0 radical (unpaired) electrons. The number of hydrogen-bond donors (Lipinski definition) is 0. The second-order valence-corrected chi connectivity index (χ2v) is 7.56. The van der Waals surface area contributed by atoms with Crippen molar-refractivity contribution in [2.45, 2.75) is 33.0 Å². The summed E-state index contributed by atoms with van der Waals surface area (Å²) in [6, 6.07) is 12.8. The fourth-order valence-electron chi connectivity index (χ4n) is 3.54. The summed E-state index contributed by atoms with van der Waals surface area (Å²) in [5.74, 6) is 1.29. The number of nitrogens with zero attached hydrogens (tertiary/aromatic N) is 3. The molecule has 0 spiro atoms. The Morgan fingerprint density at radius 1 is 1.14 bits per heavy atom. The average Bonchev–Trinajstić information content (AvgIpc) is 3.27. The van der Waals surface area contributed by atoms with Gasteiger partial charge in [-0.3, -0.25) is 4.79 Å². The van der Waals surface area contributed by atoms with E-state index in [0.717, 1.165) is 5.76 Å². The van der Waals surface area contributed by atoms with E-state index in [-0.39, 0.29) is 18.1 Å². The van der Waals surface area contributed by atoms with Crippen LogP contribution in [0.15, 0.2) is 46.9 Å². The molecule has 0 unspecified atom stereocenters. The van der Waals surface area contributed by atoms with E-state index in [9.17, 15) is 4.79 Å². The van der Waals surface area contributed by atoms with Crippen LogP contribution in [-0.2, 0) is 4.74 Å². The summed E-state index contributed by atoms with van der Waals surface area (Å²) in [6.45, 7) is 6.88. The Labute approximate surface area is 168 Å². The van der Waals surface area contributed by atoms with Crippen molar-refractivity contribution < 1.29 is 13.9 Å². The largest absolute Gasteiger partial charge is 0.460 e. The molecule has 3 aromatic rings. The second-order valence-electron chi connectivity index (χ2n) is 7.16. The maximum atomic E-state index is 13.4. The molecule has 28 heavy (non-hydrogen) atoms. The highest BCUT2D eigenvalue weighted by atomic mass is 35.5. The number of furan rings is 1. The Bertz CT molecular complexity index is 1000. The van der Waals surface area contributed by atoms with E-state index in [1.165, 1.54) is 0 Å².